The van der Waals surface area contributed by atoms with E-state index in [9.17, 15) is 0 Å². The zero-order valence-corrected chi connectivity index (χ0v) is 14.1. The van der Waals surface area contributed by atoms with Gasteiger partial charge in [0.15, 0.2) is 6.54 Å². The number of benzene rings is 3. The van der Waals surface area contributed by atoms with Gasteiger partial charge >= 0.3 is 0 Å². The molecular formula is C22H18NS+. The zero-order valence-electron chi connectivity index (χ0n) is 13.3. The Kier molecular flexibility index (Phi) is 4.22. The molecule has 0 aliphatic carbocycles. The molecule has 0 saturated carbocycles. The van der Waals surface area contributed by atoms with Gasteiger partial charge in [0.25, 0.3) is 0 Å². The second-order valence-electron chi connectivity index (χ2n) is 5.73. The van der Waals surface area contributed by atoms with Crippen molar-refractivity contribution in [1.29, 1.82) is 0 Å². The fourth-order valence-electron chi connectivity index (χ4n) is 2.82. The fraction of sp³-hybridized carbons (Fsp3) is 0.0455. The van der Waals surface area contributed by atoms with E-state index in [-0.39, 0.29) is 0 Å². The predicted octanol–water partition coefficient (Wildman–Crippen LogP) is 3.75. The molecule has 3 aromatic carbocycles. The van der Waals surface area contributed by atoms with Gasteiger partial charge in [-0.25, -0.2) is 4.99 Å². The molecule has 116 valence electrons. The van der Waals surface area contributed by atoms with E-state index in [1.54, 1.807) is 0 Å². The highest BCUT2D eigenvalue weighted by Gasteiger charge is 2.06. The minimum atomic E-state index is 0.827. The topological polar surface area (TPSA) is 14.0 Å². The summed E-state index contributed by atoms with van der Waals surface area (Å²) in [6.07, 6.45) is 0. The smallest absolute Gasteiger partial charge is 0.208 e. The Morgan fingerprint density at radius 1 is 0.708 bits per heavy atom. The molecule has 0 aliphatic heterocycles. The maximum Gasteiger partial charge on any atom is 0.208 e. The third-order valence-corrected chi connectivity index (χ3v) is 5.21. The molecular weight excluding hydrogens is 310 g/mol. The molecule has 1 N–H and O–H groups in total. The molecule has 0 radical (unpaired) electrons. The summed E-state index contributed by atoms with van der Waals surface area (Å²) in [4.78, 5) is 4.90. The van der Waals surface area contributed by atoms with Crippen LogP contribution in [0.1, 0.15) is 5.56 Å². The Hall–Kier alpha value is -2.71. The highest BCUT2D eigenvalue weighted by atomic mass is 32.1. The molecule has 0 bridgehead atoms. The summed E-state index contributed by atoms with van der Waals surface area (Å²) in [5.41, 5.74) is 2.55. The molecule has 0 aliphatic rings. The van der Waals surface area contributed by atoms with Crippen LogP contribution in [0.5, 0.6) is 0 Å². The number of fused-ring (bicyclic) bond motifs is 1. The molecule has 1 nitrogen and oxygen atoms in total. The van der Waals surface area contributed by atoms with Gasteiger partial charge in [0.1, 0.15) is 0 Å². The van der Waals surface area contributed by atoms with E-state index in [4.69, 9.17) is 0 Å². The number of hydrogen-bond acceptors (Lipinski definition) is 1. The van der Waals surface area contributed by atoms with E-state index >= 15 is 0 Å². The zero-order chi connectivity index (χ0) is 16.2. The highest BCUT2D eigenvalue weighted by Crippen LogP contribution is 2.27. The van der Waals surface area contributed by atoms with E-state index in [0.717, 1.165) is 6.54 Å². The molecule has 2 heteroatoms. The largest absolute Gasteiger partial charge is 0.237 e. The van der Waals surface area contributed by atoms with Crippen LogP contribution in [0.2, 0.25) is 0 Å². The molecule has 0 unspecified atom stereocenters. The minimum absolute atomic E-state index is 0.827. The van der Waals surface area contributed by atoms with Crippen LogP contribution in [0.25, 0.3) is 20.5 Å². The lowest BCUT2D eigenvalue weighted by molar-refractivity contribution is -0.516. The maximum atomic E-state index is 3.62. The van der Waals surface area contributed by atoms with Crippen LogP contribution in [0, 0.1) is 0 Å². The molecule has 1 aromatic heterocycles. The molecule has 1 heterocycles. The third kappa shape index (κ3) is 3.15. The minimum Gasteiger partial charge on any atom is -0.237 e. The van der Waals surface area contributed by atoms with Gasteiger partial charge in [0.05, 0.1) is 5.39 Å². The second-order valence-corrected chi connectivity index (χ2v) is 6.81. The maximum absolute atomic E-state index is 3.62. The van der Waals surface area contributed by atoms with Gasteiger partial charge in [0.2, 0.25) is 5.36 Å². The SMILES string of the molecule is c1ccc(C[NH+]=c2cc(-c3ccccc3)sc3ccccc23)cc1. The van der Waals surface area contributed by atoms with Crippen LogP contribution >= 0.6 is 11.3 Å². The first-order valence-corrected chi connectivity index (χ1v) is 8.91. The van der Waals surface area contributed by atoms with Crippen LogP contribution < -0.4 is 10.3 Å². The van der Waals surface area contributed by atoms with E-state index in [1.165, 1.54) is 31.4 Å². The van der Waals surface area contributed by atoms with Gasteiger partial charge in [-0.05, 0) is 17.7 Å². The average Bonchev–Trinajstić information content (AvgIpc) is 2.67. The van der Waals surface area contributed by atoms with Crippen molar-refractivity contribution < 1.29 is 4.99 Å². The van der Waals surface area contributed by atoms with Gasteiger partial charge in [-0.3, -0.25) is 0 Å². The molecule has 0 amide bonds. The summed E-state index contributed by atoms with van der Waals surface area (Å²) >= 11 is 1.84. The lowest BCUT2D eigenvalue weighted by Crippen LogP contribution is -2.75. The van der Waals surface area contributed by atoms with E-state index in [1.807, 2.05) is 11.3 Å². The Bertz CT molecular complexity index is 1020. The first-order chi connectivity index (χ1) is 11.9. The number of nitrogens with one attached hydrogen (secondary N) is 1. The Morgan fingerprint density at radius 2 is 1.38 bits per heavy atom. The van der Waals surface area contributed by atoms with Gasteiger partial charge in [-0.1, -0.05) is 72.8 Å². The standard InChI is InChI=1S/C22H17NS/c1-3-9-17(10-4-1)16-23-20-15-22(18-11-5-2-6-12-18)24-21-14-8-7-13-19(20)21/h1-15H,16H2/p+1. The van der Waals surface area contributed by atoms with Crippen molar-refractivity contribution in [2.75, 3.05) is 0 Å². The van der Waals surface area contributed by atoms with Gasteiger partial charge < -0.3 is 0 Å². The van der Waals surface area contributed by atoms with Crippen molar-refractivity contribution in [3.8, 4) is 10.4 Å². The predicted molar refractivity (Wildman–Crippen MR) is 102 cm³/mol. The van der Waals surface area contributed by atoms with Crippen molar-refractivity contribution in [2.45, 2.75) is 6.54 Å². The van der Waals surface area contributed by atoms with Crippen molar-refractivity contribution in [3.05, 3.63) is 102 Å². The van der Waals surface area contributed by atoms with E-state index < -0.39 is 0 Å². The first kappa shape index (κ1) is 14.9. The summed E-state index contributed by atoms with van der Waals surface area (Å²) < 4.78 is 1.30. The first-order valence-electron chi connectivity index (χ1n) is 8.09. The Morgan fingerprint density at radius 3 is 2.17 bits per heavy atom. The highest BCUT2D eigenvalue weighted by molar-refractivity contribution is 7.21. The summed E-state index contributed by atoms with van der Waals surface area (Å²) in [7, 11) is 0. The van der Waals surface area contributed by atoms with Crippen molar-refractivity contribution in [1.82, 2.24) is 0 Å². The van der Waals surface area contributed by atoms with Gasteiger partial charge in [-0.15, -0.1) is 11.3 Å². The number of hydrogen-bond donors (Lipinski definition) is 1. The summed E-state index contributed by atoms with van der Waals surface area (Å²) in [6, 6.07) is 32.0. The molecule has 4 rings (SSSR count). The van der Waals surface area contributed by atoms with E-state index in [0.29, 0.717) is 0 Å². The Balaban J connectivity index is 1.87. The van der Waals surface area contributed by atoms with E-state index in [2.05, 4.69) is 96.0 Å². The van der Waals surface area contributed by atoms with Crippen LogP contribution in [0.4, 0.5) is 0 Å². The summed E-state index contributed by atoms with van der Waals surface area (Å²) in [5, 5.41) is 2.46. The van der Waals surface area contributed by atoms with Crippen LogP contribution in [0.15, 0.2) is 91.0 Å². The third-order valence-electron chi connectivity index (χ3n) is 4.06. The molecule has 4 aromatic rings. The monoisotopic (exact) mass is 328 g/mol. The fourth-order valence-corrected chi connectivity index (χ4v) is 3.92. The number of rotatable bonds is 3. The molecule has 0 fully saturated rings. The second kappa shape index (κ2) is 6.81. The van der Waals surface area contributed by atoms with Crippen LogP contribution in [-0.2, 0) is 6.54 Å². The molecule has 0 saturated heterocycles. The van der Waals surface area contributed by atoms with Crippen molar-refractivity contribution in [2.24, 2.45) is 0 Å². The normalized spacial score (nSPS) is 11.8. The lowest BCUT2D eigenvalue weighted by Gasteiger charge is -2.02. The van der Waals surface area contributed by atoms with Crippen molar-refractivity contribution >= 4 is 21.4 Å². The van der Waals surface area contributed by atoms with Crippen LogP contribution in [-0.4, -0.2) is 0 Å². The van der Waals surface area contributed by atoms with Gasteiger partial charge in [-0.2, -0.15) is 0 Å². The average molecular weight is 328 g/mol. The van der Waals surface area contributed by atoms with Crippen LogP contribution in [0.3, 0.4) is 0 Å². The molecule has 0 atom stereocenters. The summed E-state index contributed by atoms with van der Waals surface area (Å²) in [6.45, 7) is 0.827. The van der Waals surface area contributed by atoms with Crippen molar-refractivity contribution in [3.63, 3.8) is 0 Å². The molecule has 24 heavy (non-hydrogen) atoms. The lowest BCUT2D eigenvalue weighted by atomic mass is 10.1. The summed E-state index contributed by atoms with van der Waals surface area (Å²) in [5.74, 6) is 0. The quantitative estimate of drug-likeness (QED) is 0.589. The Labute approximate surface area is 145 Å². The van der Waals surface area contributed by atoms with Gasteiger partial charge in [0, 0.05) is 21.2 Å². The molecule has 0 spiro atoms.